The number of hydrogen-bond acceptors (Lipinski definition) is 2. The van der Waals surface area contributed by atoms with Gasteiger partial charge in [0.15, 0.2) is 0 Å². The molecule has 0 atom stereocenters. The molecule has 0 bridgehead atoms. The van der Waals surface area contributed by atoms with Gasteiger partial charge in [0.05, 0.1) is 11.3 Å². The van der Waals surface area contributed by atoms with Crippen LogP contribution in [-0.4, -0.2) is 18.1 Å². The van der Waals surface area contributed by atoms with E-state index in [0.717, 1.165) is 17.2 Å². The second-order valence-corrected chi connectivity index (χ2v) is 4.81. The van der Waals surface area contributed by atoms with E-state index in [1.807, 2.05) is 31.2 Å². The maximum absolute atomic E-state index is 13.2. The van der Waals surface area contributed by atoms with Gasteiger partial charge in [0.1, 0.15) is 5.82 Å². The number of rotatable bonds is 4. The van der Waals surface area contributed by atoms with Crippen molar-refractivity contribution in [3.8, 4) is 0 Å². The van der Waals surface area contributed by atoms with Gasteiger partial charge in [-0.15, -0.1) is 0 Å². The van der Waals surface area contributed by atoms with Gasteiger partial charge >= 0.3 is 5.97 Å². The minimum absolute atomic E-state index is 0.0276. The van der Waals surface area contributed by atoms with Crippen molar-refractivity contribution in [2.75, 3.05) is 11.9 Å². The number of anilines is 1. The van der Waals surface area contributed by atoms with Crippen LogP contribution in [-0.2, 0) is 6.54 Å². The summed E-state index contributed by atoms with van der Waals surface area (Å²) in [5.41, 5.74) is 2.70. The van der Waals surface area contributed by atoms with E-state index in [2.05, 4.69) is 0 Å². The smallest absolute Gasteiger partial charge is 0.337 e. The zero-order valence-corrected chi connectivity index (χ0v) is 11.4. The molecule has 2 aromatic rings. The van der Waals surface area contributed by atoms with Gasteiger partial charge in [-0.2, -0.15) is 0 Å². The zero-order chi connectivity index (χ0) is 14.7. The summed E-state index contributed by atoms with van der Waals surface area (Å²) in [7, 11) is 1.79. The Balaban J connectivity index is 2.29. The molecule has 0 fully saturated rings. The number of carboxylic acids is 1. The fraction of sp³-hybridized carbons (Fsp3) is 0.188. The molecule has 3 nitrogen and oxygen atoms in total. The Morgan fingerprint density at radius 2 is 2.00 bits per heavy atom. The molecule has 0 saturated carbocycles. The molecule has 104 valence electrons. The number of halogens is 1. The summed E-state index contributed by atoms with van der Waals surface area (Å²) in [4.78, 5) is 13.0. The Bertz CT molecular complexity index is 640. The number of aryl methyl sites for hydroxylation is 1. The molecule has 0 unspecified atom stereocenters. The third kappa shape index (κ3) is 3.15. The first-order valence-corrected chi connectivity index (χ1v) is 6.27. The third-order valence-corrected chi connectivity index (χ3v) is 3.10. The fourth-order valence-corrected chi connectivity index (χ4v) is 2.18. The summed E-state index contributed by atoms with van der Waals surface area (Å²) < 4.78 is 13.2. The van der Waals surface area contributed by atoms with Crippen LogP contribution in [0.2, 0.25) is 0 Å². The molecule has 0 radical (unpaired) electrons. The number of hydrogen-bond donors (Lipinski definition) is 1. The van der Waals surface area contributed by atoms with Gasteiger partial charge in [0.25, 0.3) is 0 Å². The van der Waals surface area contributed by atoms with Crippen molar-refractivity contribution in [3.05, 3.63) is 65.0 Å². The van der Waals surface area contributed by atoms with Crippen LogP contribution in [0.25, 0.3) is 0 Å². The highest BCUT2D eigenvalue weighted by molar-refractivity contribution is 5.94. The summed E-state index contributed by atoms with van der Waals surface area (Å²) >= 11 is 0. The second-order valence-electron chi connectivity index (χ2n) is 4.81. The molecule has 2 aromatic carbocycles. The van der Waals surface area contributed by atoms with E-state index in [1.165, 1.54) is 12.1 Å². The van der Waals surface area contributed by atoms with Crippen LogP contribution < -0.4 is 4.90 Å². The number of benzene rings is 2. The summed E-state index contributed by atoms with van der Waals surface area (Å²) in [6.45, 7) is 2.57. The lowest BCUT2D eigenvalue weighted by atomic mass is 10.1. The van der Waals surface area contributed by atoms with E-state index >= 15 is 0 Å². The van der Waals surface area contributed by atoms with Gasteiger partial charge in [-0.05, 0) is 30.7 Å². The first kappa shape index (κ1) is 14.1. The Morgan fingerprint density at radius 1 is 1.25 bits per heavy atom. The topological polar surface area (TPSA) is 40.5 Å². The van der Waals surface area contributed by atoms with Crippen molar-refractivity contribution in [1.29, 1.82) is 0 Å². The molecule has 0 amide bonds. The average Bonchev–Trinajstić information content (AvgIpc) is 2.38. The van der Waals surface area contributed by atoms with Crippen LogP contribution in [0, 0.1) is 12.7 Å². The van der Waals surface area contributed by atoms with E-state index < -0.39 is 11.8 Å². The summed E-state index contributed by atoms with van der Waals surface area (Å²) in [5.74, 6) is -1.68. The van der Waals surface area contributed by atoms with Crippen molar-refractivity contribution in [2.24, 2.45) is 0 Å². The van der Waals surface area contributed by atoms with Crippen molar-refractivity contribution in [1.82, 2.24) is 0 Å². The van der Waals surface area contributed by atoms with Crippen molar-refractivity contribution >= 4 is 11.7 Å². The first-order valence-electron chi connectivity index (χ1n) is 6.27. The highest BCUT2D eigenvalue weighted by Crippen LogP contribution is 2.22. The maximum Gasteiger partial charge on any atom is 0.337 e. The lowest BCUT2D eigenvalue weighted by molar-refractivity contribution is 0.0697. The number of nitrogens with zero attached hydrogens (tertiary/aromatic N) is 1. The van der Waals surface area contributed by atoms with Crippen LogP contribution >= 0.6 is 0 Å². The van der Waals surface area contributed by atoms with E-state index in [0.29, 0.717) is 12.2 Å². The van der Waals surface area contributed by atoms with Crippen LogP contribution in [0.3, 0.4) is 0 Å². The largest absolute Gasteiger partial charge is 0.478 e. The Hall–Kier alpha value is -2.36. The van der Waals surface area contributed by atoms with Crippen LogP contribution in [0.4, 0.5) is 10.1 Å². The van der Waals surface area contributed by atoms with E-state index in [1.54, 1.807) is 11.9 Å². The van der Waals surface area contributed by atoms with E-state index in [-0.39, 0.29) is 5.56 Å². The van der Waals surface area contributed by atoms with E-state index in [4.69, 9.17) is 5.11 Å². The van der Waals surface area contributed by atoms with Gasteiger partial charge in [-0.3, -0.25) is 0 Å². The van der Waals surface area contributed by atoms with Crippen LogP contribution in [0.15, 0.2) is 42.5 Å². The van der Waals surface area contributed by atoms with Crippen molar-refractivity contribution in [3.63, 3.8) is 0 Å². The van der Waals surface area contributed by atoms with Crippen LogP contribution in [0.5, 0.6) is 0 Å². The lowest BCUT2D eigenvalue weighted by Crippen LogP contribution is -2.19. The molecule has 0 aliphatic heterocycles. The summed E-state index contributed by atoms with van der Waals surface area (Å²) in [6, 6.07) is 11.8. The van der Waals surface area contributed by atoms with E-state index in [9.17, 15) is 9.18 Å². The zero-order valence-electron chi connectivity index (χ0n) is 11.4. The highest BCUT2D eigenvalue weighted by Gasteiger charge is 2.14. The standard InChI is InChI=1S/C16H16FNO2/c1-11-4-3-5-12(8-11)10-18(2)15-7-6-13(17)9-14(15)16(19)20/h3-9H,10H2,1-2H3,(H,19,20). The van der Waals surface area contributed by atoms with Gasteiger partial charge in [0.2, 0.25) is 0 Å². The normalized spacial score (nSPS) is 10.3. The van der Waals surface area contributed by atoms with Crippen molar-refractivity contribution in [2.45, 2.75) is 13.5 Å². The molecule has 20 heavy (non-hydrogen) atoms. The summed E-state index contributed by atoms with van der Waals surface area (Å²) in [6.07, 6.45) is 0. The predicted molar refractivity (Wildman–Crippen MR) is 76.6 cm³/mol. The third-order valence-electron chi connectivity index (χ3n) is 3.10. The molecular weight excluding hydrogens is 257 g/mol. The van der Waals surface area contributed by atoms with Gasteiger partial charge in [0, 0.05) is 13.6 Å². The maximum atomic E-state index is 13.2. The molecular formula is C16H16FNO2. The van der Waals surface area contributed by atoms with Crippen LogP contribution in [0.1, 0.15) is 21.5 Å². The number of aromatic carboxylic acids is 1. The molecule has 2 rings (SSSR count). The van der Waals surface area contributed by atoms with Crippen molar-refractivity contribution < 1.29 is 14.3 Å². The average molecular weight is 273 g/mol. The molecule has 0 heterocycles. The quantitative estimate of drug-likeness (QED) is 0.927. The Morgan fingerprint density at radius 3 is 2.65 bits per heavy atom. The number of carboxylic acid groups (broad SMARTS) is 1. The predicted octanol–water partition coefficient (Wildman–Crippen LogP) is 3.47. The highest BCUT2D eigenvalue weighted by atomic mass is 19.1. The Kier molecular flexibility index (Phi) is 4.03. The molecule has 4 heteroatoms. The molecule has 1 N–H and O–H groups in total. The minimum Gasteiger partial charge on any atom is -0.478 e. The molecule has 0 saturated heterocycles. The van der Waals surface area contributed by atoms with Gasteiger partial charge in [-0.25, -0.2) is 9.18 Å². The lowest BCUT2D eigenvalue weighted by Gasteiger charge is -2.21. The van der Waals surface area contributed by atoms with Gasteiger partial charge < -0.3 is 10.0 Å². The molecule has 0 aliphatic rings. The monoisotopic (exact) mass is 273 g/mol. The molecule has 0 spiro atoms. The minimum atomic E-state index is -1.13. The SMILES string of the molecule is Cc1cccc(CN(C)c2ccc(F)cc2C(=O)O)c1. The molecule has 0 aliphatic carbocycles. The first-order chi connectivity index (χ1) is 9.47. The Labute approximate surface area is 117 Å². The van der Waals surface area contributed by atoms with Gasteiger partial charge in [-0.1, -0.05) is 29.8 Å². The number of carbonyl (C=O) groups is 1. The fourth-order valence-electron chi connectivity index (χ4n) is 2.18. The summed E-state index contributed by atoms with van der Waals surface area (Å²) in [5, 5.41) is 9.16. The molecule has 0 aromatic heterocycles. The second kappa shape index (κ2) is 5.74.